The van der Waals surface area contributed by atoms with Gasteiger partial charge in [0, 0.05) is 13.6 Å². The Bertz CT molecular complexity index is 361. The summed E-state index contributed by atoms with van der Waals surface area (Å²) in [5, 5.41) is 0. The first-order valence-corrected chi connectivity index (χ1v) is 5.94. The van der Waals surface area contributed by atoms with E-state index in [0.29, 0.717) is 6.61 Å². The molecule has 0 radical (unpaired) electrons. The normalized spacial score (nSPS) is 14.9. The Hall–Kier alpha value is -1.38. The monoisotopic (exact) mass is 220 g/mol. The number of ether oxygens (including phenoxy) is 1. The molecule has 0 aliphatic heterocycles. The lowest BCUT2D eigenvalue weighted by Gasteiger charge is -2.22. The van der Waals surface area contributed by atoms with E-state index in [9.17, 15) is 0 Å². The number of anilines is 2. The van der Waals surface area contributed by atoms with E-state index in [2.05, 4.69) is 18.0 Å². The third-order valence-electron chi connectivity index (χ3n) is 2.98. The minimum atomic E-state index is 0.653. The van der Waals surface area contributed by atoms with E-state index >= 15 is 0 Å². The van der Waals surface area contributed by atoms with Crippen LogP contribution in [0.5, 0.6) is 5.75 Å². The fourth-order valence-corrected chi connectivity index (χ4v) is 1.93. The molecule has 1 aliphatic carbocycles. The maximum absolute atomic E-state index is 6.10. The van der Waals surface area contributed by atoms with Crippen molar-refractivity contribution in [1.82, 2.24) is 0 Å². The van der Waals surface area contributed by atoms with Gasteiger partial charge in [-0.25, -0.2) is 0 Å². The van der Waals surface area contributed by atoms with Gasteiger partial charge in [0.15, 0.2) is 0 Å². The van der Waals surface area contributed by atoms with E-state index in [1.54, 1.807) is 0 Å². The van der Waals surface area contributed by atoms with Gasteiger partial charge in [-0.15, -0.1) is 0 Å². The van der Waals surface area contributed by atoms with Gasteiger partial charge in [0.05, 0.1) is 18.0 Å². The molecule has 3 nitrogen and oxygen atoms in total. The van der Waals surface area contributed by atoms with Gasteiger partial charge in [0.2, 0.25) is 0 Å². The van der Waals surface area contributed by atoms with Crippen molar-refractivity contribution >= 4 is 11.4 Å². The summed E-state index contributed by atoms with van der Waals surface area (Å²) in [5.74, 6) is 1.66. The number of hydrogen-bond acceptors (Lipinski definition) is 3. The molecule has 0 spiro atoms. The molecule has 16 heavy (non-hydrogen) atoms. The summed E-state index contributed by atoms with van der Waals surface area (Å²) in [4.78, 5) is 2.23. The minimum Gasteiger partial charge on any atom is -0.492 e. The summed E-state index contributed by atoms with van der Waals surface area (Å²) in [6.45, 7) is 3.72. The molecule has 1 saturated carbocycles. The smallest absolute Gasteiger partial charge is 0.144 e. The second-order valence-electron chi connectivity index (χ2n) is 4.45. The summed E-state index contributed by atoms with van der Waals surface area (Å²) < 4.78 is 5.50. The molecule has 3 heteroatoms. The number of rotatable bonds is 5. The number of benzene rings is 1. The lowest BCUT2D eigenvalue weighted by molar-refractivity contribution is 0.342. The van der Waals surface area contributed by atoms with Crippen molar-refractivity contribution in [2.75, 3.05) is 30.8 Å². The van der Waals surface area contributed by atoms with E-state index in [-0.39, 0.29) is 0 Å². The largest absolute Gasteiger partial charge is 0.492 e. The zero-order chi connectivity index (χ0) is 11.5. The third-order valence-corrected chi connectivity index (χ3v) is 2.98. The standard InChI is InChI=1S/C13H20N2O/c1-3-16-12-6-4-5-11(13(12)14)15(2)9-10-7-8-10/h4-6,10H,3,7-9,14H2,1-2H3. The Morgan fingerprint density at radius 1 is 1.44 bits per heavy atom. The summed E-state index contributed by atoms with van der Waals surface area (Å²) in [6, 6.07) is 5.98. The molecule has 2 rings (SSSR count). The van der Waals surface area contributed by atoms with Crippen LogP contribution in [0.1, 0.15) is 19.8 Å². The van der Waals surface area contributed by atoms with Crippen LogP contribution >= 0.6 is 0 Å². The van der Waals surface area contributed by atoms with Crippen LogP contribution < -0.4 is 15.4 Å². The van der Waals surface area contributed by atoms with E-state index < -0.39 is 0 Å². The molecule has 2 N–H and O–H groups in total. The summed E-state index contributed by atoms with van der Waals surface area (Å²) in [6.07, 6.45) is 2.71. The minimum absolute atomic E-state index is 0.653. The molecule has 0 bridgehead atoms. The zero-order valence-corrected chi connectivity index (χ0v) is 10.1. The van der Waals surface area contributed by atoms with E-state index in [1.165, 1.54) is 12.8 Å². The third kappa shape index (κ3) is 2.40. The van der Waals surface area contributed by atoms with Crippen LogP contribution in [0.2, 0.25) is 0 Å². The van der Waals surface area contributed by atoms with Crippen LogP contribution in [-0.2, 0) is 0 Å². The molecule has 0 unspecified atom stereocenters. The number of hydrogen-bond donors (Lipinski definition) is 1. The van der Waals surface area contributed by atoms with Crippen LogP contribution in [0.25, 0.3) is 0 Å². The van der Waals surface area contributed by atoms with Crippen molar-refractivity contribution in [3.63, 3.8) is 0 Å². The van der Waals surface area contributed by atoms with Gasteiger partial charge < -0.3 is 15.4 Å². The van der Waals surface area contributed by atoms with Crippen molar-refractivity contribution in [2.24, 2.45) is 5.92 Å². The van der Waals surface area contributed by atoms with Gasteiger partial charge >= 0.3 is 0 Å². The molecule has 1 aliphatic rings. The Labute approximate surface area is 97.2 Å². The number of para-hydroxylation sites is 1. The van der Waals surface area contributed by atoms with E-state index in [0.717, 1.165) is 29.6 Å². The average molecular weight is 220 g/mol. The maximum Gasteiger partial charge on any atom is 0.144 e. The quantitative estimate of drug-likeness (QED) is 0.775. The van der Waals surface area contributed by atoms with Gasteiger partial charge in [-0.2, -0.15) is 0 Å². The first-order chi connectivity index (χ1) is 7.72. The Balaban J connectivity index is 2.14. The van der Waals surface area contributed by atoms with Crippen LogP contribution in [0, 0.1) is 5.92 Å². The SMILES string of the molecule is CCOc1cccc(N(C)CC2CC2)c1N. The predicted molar refractivity (Wildman–Crippen MR) is 68.0 cm³/mol. The molecule has 1 aromatic carbocycles. The van der Waals surface area contributed by atoms with Crippen molar-refractivity contribution in [1.29, 1.82) is 0 Å². The van der Waals surface area contributed by atoms with Gasteiger partial charge in [0.1, 0.15) is 5.75 Å². The lowest BCUT2D eigenvalue weighted by Crippen LogP contribution is -2.21. The van der Waals surface area contributed by atoms with Crippen molar-refractivity contribution in [2.45, 2.75) is 19.8 Å². The lowest BCUT2D eigenvalue weighted by atomic mass is 10.2. The number of nitrogen functional groups attached to an aromatic ring is 1. The summed E-state index contributed by atoms with van der Waals surface area (Å²) in [5.41, 5.74) is 7.94. The highest BCUT2D eigenvalue weighted by atomic mass is 16.5. The molecule has 0 atom stereocenters. The van der Waals surface area contributed by atoms with Crippen LogP contribution in [0.15, 0.2) is 18.2 Å². The van der Waals surface area contributed by atoms with E-state index in [1.807, 2.05) is 19.1 Å². The molecule has 1 fully saturated rings. The van der Waals surface area contributed by atoms with Crippen molar-refractivity contribution < 1.29 is 4.74 Å². The van der Waals surface area contributed by atoms with Gasteiger partial charge in [0.25, 0.3) is 0 Å². The molecule has 0 aromatic heterocycles. The van der Waals surface area contributed by atoms with Crippen molar-refractivity contribution in [3.8, 4) is 5.75 Å². The van der Waals surface area contributed by atoms with Gasteiger partial charge in [-0.05, 0) is 37.8 Å². The number of nitrogens with two attached hydrogens (primary N) is 1. The average Bonchev–Trinajstić information content (AvgIpc) is 3.05. The highest BCUT2D eigenvalue weighted by Gasteiger charge is 2.23. The van der Waals surface area contributed by atoms with E-state index in [4.69, 9.17) is 10.5 Å². The second-order valence-corrected chi connectivity index (χ2v) is 4.45. The van der Waals surface area contributed by atoms with Crippen LogP contribution in [0.3, 0.4) is 0 Å². The first kappa shape index (κ1) is 11.1. The predicted octanol–water partition coefficient (Wildman–Crippen LogP) is 2.51. The molecule has 88 valence electrons. The first-order valence-electron chi connectivity index (χ1n) is 5.94. The fraction of sp³-hybridized carbons (Fsp3) is 0.538. The fourth-order valence-electron chi connectivity index (χ4n) is 1.93. The van der Waals surface area contributed by atoms with Crippen molar-refractivity contribution in [3.05, 3.63) is 18.2 Å². The maximum atomic E-state index is 6.10. The Kier molecular flexibility index (Phi) is 3.22. The highest BCUT2D eigenvalue weighted by molar-refractivity contribution is 5.73. The Morgan fingerprint density at radius 3 is 2.81 bits per heavy atom. The molecule has 0 amide bonds. The topological polar surface area (TPSA) is 38.5 Å². The van der Waals surface area contributed by atoms with Gasteiger partial charge in [-0.1, -0.05) is 6.07 Å². The highest BCUT2D eigenvalue weighted by Crippen LogP contribution is 2.35. The summed E-state index contributed by atoms with van der Waals surface area (Å²) in [7, 11) is 2.10. The number of nitrogens with zero attached hydrogens (tertiary/aromatic N) is 1. The molecular formula is C13H20N2O. The second kappa shape index (κ2) is 4.64. The zero-order valence-electron chi connectivity index (χ0n) is 10.1. The molecule has 0 saturated heterocycles. The Morgan fingerprint density at radius 2 is 2.19 bits per heavy atom. The molecular weight excluding hydrogens is 200 g/mol. The summed E-state index contributed by atoms with van der Waals surface area (Å²) >= 11 is 0. The molecule has 1 aromatic rings. The van der Waals surface area contributed by atoms with Crippen LogP contribution in [-0.4, -0.2) is 20.2 Å². The van der Waals surface area contributed by atoms with Gasteiger partial charge in [-0.3, -0.25) is 0 Å². The van der Waals surface area contributed by atoms with Crippen LogP contribution in [0.4, 0.5) is 11.4 Å². The molecule has 0 heterocycles.